The molecule has 0 unspecified atom stereocenters. The zero-order valence-electron chi connectivity index (χ0n) is 16.8. The van der Waals surface area contributed by atoms with Gasteiger partial charge in [-0.3, -0.25) is 14.4 Å². The van der Waals surface area contributed by atoms with Gasteiger partial charge in [0.05, 0.1) is 6.54 Å². The minimum Gasteiger partial charge on any atom is -0.343 e. The average molecular weight is 409 g/mol. The van der Waals surface area contributed by atoms with Crippen molar-refractivity contribution in [2.75, 3.05) is 5.32 Å². The molecular formula is C23H24FN3O3. The standard InChI is InChI=1S/C23H24FN3O3/c1-2-27-19(15-17-14-18(24)10-11-21(17)27)16-26-12-7-8-20(23(26)30)25-22(29)9-5-3-4-6-13-28/h4,6-8,10-15H,2-3,5,9,16H2,1H3,(H,25,29)/b6-4+. The Balaban J connectivity index is 1.76. The minimum absolute atomic E-state index is 0.219. The number of fused-ring (bicyclic) bond motifs is 1. The second-order valence-corrected chi connectivity index (χ2v) is 6.94. The van der Waals surface area contributed by atoms with Gasteiger partial charge in [-0.25, -0.2) is 4.39 Å². The Kier molecular flexibility index (Phi) is 6.95. The first-order valence-electron chi connectivity index (χ1n) is 9.90. The van der Waals surface area contributed by atoms with Crippen LogP contribution < -0.4 is 10.9 Å². The lowest BCUT2D eigenvalue weighted by Gasteiger charge is -2.12. The molecule has 0 spiro atoms. The number of anilines is 1. The van der Waals surface area contributed by atoms with Crippen LogP contribution in [0.2, 0.25) is 0 Å². The van der Waals surface area contributed by atoms with E-state index in [1.54, 1.807) is 30.5 Å². The van der Waals surface area contributed by atoms with E-state index in [0.717, 1.165) is 16.6 Å². The molecule has 0 fully saturated rings. The smallest absolute Gasteiger partial charge is 0.274 e. The molecule has 1 N–H and O–H groups in total. The molecule has 30 heavy (non-hydrogen) atoms. The second-order valence-electron chi connectivity index (χ2n) is 6.94. The van der Waals surface area contributed by atoms with Gasteiger partial charge in [0.25, 0.3) is 5.56 Å². The maximum atomic E-state index is 13.6. The number of benzene rings is 1. The summed E-state index contributed by atoms with van der Waals surface area (Å²) in [6.45, 7) is 2.99. The fourth-order valence-corrected chi connectivity index (χ4v) is 3.48. The van der Waals surface area contributed by atoms with Gasteiger partial charge in [-0.15, -0.1) is 0 Å². The summed E-state index contributed by atoms with van der Waals surface area (Å²) in [7, 11) is 0. The number of carbonyl (C=O) groups excluding carboxylic acids is 2. The number of nitrogens with zero attached hydrogens (tertiary/aromatic N) is 2. The Hall–Kier alpha value is -3.48. The molecule has 0 aliphatic carbocycles. The Morgan fingerprint density at radius 2 is 2.07 bits per heavy atom. The normalized spacial score (nSPS) is 11.3. The summed E-state index contributed by atoms with van der Waals surface area (Å²) >= 11 is 0. The fourth-order valence-electron chi connectivity index (χ4n) is 3.48. The summed E-state index contributed by atoms with van der Waals surface area (Å²) in [5.74, 6) is -0.548. The van der Waals surface area contributed by atoms with E-state index in [4.69, 9.17) is 0 Å². The number of aldehydes is 1. The summed E-state index contributed by atoms with van der Waals surface area (Å²) in [6, 6.07) is 9.81. The molecule has 1 amide bonds. The Bertz CT molecular complexity index is 1140. The number of hydrogen-bond donors (Lipinski definition) is 1. The van der Waals surface area contributed by atoms with Crippen molar-refractivity contribution in [2.45, 2.75) is 39.3 Å². The van der Waals surface area contributed by atoms with Gasteiger partial charge in [0.2, 0.25) is 5.91 Å². The Morgan fingerprint density at radius 3 is 2.83 bits per heavy atom. The number of aromatic nitrogens is 2. The van der Waals surface area contributed by atoms with Crippen molar-refractivity contribution in [2.24, 2.45) is 0 Å². The first kappa shape index (κ1) is 21.2. The molecule has 7 heteroatoms. The summed E-state index contributed by atoms with van der Waals surface area (Å²) in [6.07, 6.45) is 6.93. The SMILES string of the molecule is CCn1c(Cn2cccc(NC(=O)CCC/C=C/C=O)c2=O)cc2cc(F)ccc21. The molecule has 1 aromatic carbocycles. The lowest BCUT2D eigenvalue weighted by atomic mass is 10.2. The van der Waals surface area contributed by atoms with Crippen molar-refractivity contribution < 1.29 is 14.0 Å². The van der Waals surface area contributed by atoms with Gasteiger partial charge in [-0.05, 0) is 62.2 Å². The summed E-state index contributed by atoms with van der Waals surface area (Å²) in [4.78, 5) is 35.2. The summed E-state index contributed by atoms with van der Waals surface area (Å²) in [5, 5.41) is 3.45. The first-order chi connectivity index (χ1) is 14.5. The molecule has 6 nitrogen and oxygen atoms in total. The van der Waals surface area contributed by atoms with Crippen molar-refractivity contribution in [3.63, 3.8) is 0 Å². The summed E-state index contributed by atoms with van der Waals surface area (Å²) < 4.78 is 17.1. The predicted octanol–water partition coefficient (Wildman–Crippen LogP) is 3.87. The van der Waals surface area contributed by atoms with E-state index in [2.05, 4.69) is 5.32 Å². The van der Waals surface area contributed by atoms with E-state index in [-0.39, 0.29) is 29.4 Å². The maximum Gasteiger partial charge on any atom is 0.274 e. The van der Waals surface area contributed by atoms with Gasteiger partial charge in [0.15, 0.2) is 0 Å². The van der Waals surface area contributed by atoms with Crippen LogP contribution in [0.1, 0.15) is 31.9 Å². The van der Waals surface area contributed by atoms with E-state index in [0.29, 0.717) is 32.2 Å². The molecule has 3 rings (SSSR count). The van der Waals surface area contributed by atoms with Crippen LogP contribution in [0.3, 0.4) is 0 Å². The highest BCUT2D eigenvalue weighted by Gasteiger charge is 2.12. The number of halogens is 1. The van der Waals surface area contributed by atoms with Crippen molar-refractivity contribution >= 4 is 28.8 Å². The zero-order chi connectivity index (χ0) is 21.5. The number of unbranched alkanes of at least 4 members (excludes halogenated alkanes) is 1. The average Bonchev–Trinajstić information content (AvgIpc) is 3.06. The van der Waals surface area contributed by atoms with Crippen LogP contribution in [-0.4, -0.2) is 21.3 Å². The first-order valence-corrected chi connectivity index (χ1v) is 9.90. The molecule has 2 aromatic heterocycles. The summed E-state index contributed by atoms with van der Waals surface area (Å²) in [5.41, 5.74) is 1.71. The quantitative estimate of drug-likeness (QED) is 0.331. The van der Waals surface area contributed by atoms with Gasteiger partial charge in [-0.1, -0.05) is 6.08 Å². The van der Waals surface area contributed by atoms with Crippen molar-refractivity contribution in [1.82, 2.24) is 9.13 Å². The van der Waals surface area contributed by atoms with E-state index in [9.17, 15) is 18.8 Å². The highest BCUT2D eigenvalue weighted by atomic mass is 19.1. The molecule has 0 saturated carbocycles. The van der Waals surface area contributed by atoms with Crippen LogP contribution in [0.25, 0.3) is 10.9 Å². The van der Waals surface area contributed by atoms with Crippen molar-refractivity contribution in [1.29, 1.82) is 0 Å². The topological polar surface area (TPSA) is 73.1 Å². The molecule has 156 valence electrons. The van der Waals surface area contributed by atoms with E-state index in [1.165, 1.54) is 22.8 Å². The Morgan fingerprint density at radius 1 is 1.23 bits per heavy atom. The number of pyridine rings is 1. The highest BCUT2D eigenvalue weighted by Crippen LogP contribution is 2.21. The molecule has 2 heterocycles. The molecular weight excluding hydrogens is 385 g/mol. The predicted molar refractivity (Wildman–Crippen MR) is 115 cm³/mol. The minimum atomic E-state index is -0.300. The van der Waals surface area contributed by atoms with E-state index in [1.807, 2.05) is 17.6 Å². The number of carbonyl (C=O) groups is 2. The van der Waals surface area contributed by atoms with Crippen LogP contribution >= 0.6 is 0 Å². The lowest BCUT2D eigenvalue weighted by molar-refractivity contribution is -0.116. The van der Waals surface area contributed by atoms with Gasteiger partial charge in [0.1, 0.15) is 17.8 Å². The highest BCUT2D eigenvalue weighted by molar-refractivity contribution is 5.90. The van der Waals surface area contributed by atoms with Crippen LogP contribution in [0.4, 0.5) is 10.1 Å². The molecule has 0 radical (unpaired) electrons. The number of rotatable bonds is 9. The lowest BCUT2D eigenvalue weighted by Crippen LogP contribution is -2.26. The van der Waals surface area contributed by atoms with E-state index < -0.39 is 0 Å². The number of amides is 1. The Labute approximate surface area is 173 Å². The molecule has 0 bridgehead atoms. The molecule has 0 aliphatic heterocycles. The number of aryl methyl sites for hydroxylation is 1. The molecule has 0 atom stereocenters. The zero-order valence-corrected chi connectivity index (χ0v) is 16.8. The number of allylic oxidation sites excluding steroid dienone is 2. The van der Waals surface area contributed by atoms with Crippen molar-refractivity contribution in [3.05, 3.63) is 76.6 Å². The van der Waals surface area contributed by atoms with Gasteiger partial charge in [0, 0.05) is 35.8 Å². The van der Waals surface area contributed by atoms with Crippen LogP contribution in [0.15, 0.2) is 59.5 Å². The number of hydrogen-bond acceptors (Lipinski definition) is 3. The monoisotopic (exact) mass is 409 g/mol. The molecule has 0 saturated heterocycles. The van der Waals surface area contributed by atoms with Gasteiger partial charge in [-0.2, -0.15) is 0 Å². The van der Waals surface area contributed by atoms with Crippen LogP contribution in [0, 0.1) is 5.82 Å². The fraction of sp³-hybridized carbons (Fsp3) is 0.261. The van der Waals surface area contributed by atoms with Crippen LogP contribution in [-0.2, 0) is 22.7 Å². The third-order valence-corrected chi connectivity index (χ3v) is 4.88. The maximum absolute atomic E-state index is 13.6. The third kappa shape index (κ3) is 4.92. The second kappa shape index (κ2) is 9.82. The molecule has 3 aromatic rings. The van der Waals surface area contributed by atoms with Crippen molar-refractivity contribution in [3.8, 4) is 0 Å². The largest absolute Gasteiger partial charge is 0.343 e. The van der Waals surface area contributed by atoms with Gasteiger partial charge >= 0.3 is 0 Å². The third-order valence-electron chi connectivity index (χ3n) is 4.88. The van der Waals surface area contributed by atoms with Gasteiger partial charge < -0.3 is 14.5 Å². The molecule has 0 aliphatic rings. The number of nitrogens with one attached hydrogen (secondary N) is 1. The van der Waals surface area contributed by atoms with Crippen LogP contribution in [0.5, 0.6) is 0 Å². The van der Waals surface area contributed by atoms with E-state index >= 15 is 0 Å².